The molecule has 5 rings (SSSR count). The van der Waals surface area contributed by atoms with Gasteiger partial charge in [0.05, 0.1) is 17.8 Å². The number of nitrogens with one attached hydrogen (secondary N) is 1. The summed E-state index contributed by atoms with van der Waals surface area (Å²) in [5, 5.41) is 14.5. The molecule has 4 aromatic heterocycles. The van der Waals surface area contributed by atoms with Crippen LogP contribution in [0.4, 0.5) is 19.0 Å². The number of amides is 1. The first-order valence-electron chi connectivity index (χ1n) is 11.0. The Bertz CT molecular complexity index is 1390. The molecule has 1 saturated carbocycles. The maximum Gasteiger partial charge on any atom is 0.490 e. The van der Waals surface area contributed by atoms with E-state index in [0.29, 0.717) is 28.9 Å². The number of carbonyl (C=O) groups excluding carboxylic acids is 1. The molecule has 0 bridgehead atoms. The zero-order valence-corrected chi connectivity index (χ0v) is 19.1. The second-order valence-corrected chi connectivity index (χ2v) is 8.19. The summed E-state index contributed by atoms with van der Waals surface area (Å²) >= 11 is 0. The van der Waals surface area contributed by atoms with E-state index in [1.54, 1.807) is 24.8 Å². The summed E-state index contributed by atoms with van der Waals surface area (Å²) in [6.45, 7) is 1.95. The number of anilines is 1. The molecule has 0 aliphatic heterocycles. The van der Waals surface area contributed by atoms with Crippen LogP contribution in [0, 0.1) is 6.92 Å². The highest BCUT2D eigenvalue weighted by molar-refractivity contribution is 6.07. The number of hydrogen-bond acceptors (Lipinski definition) is 6. The van der Waals surface area contributed by atoms with Gasteiger partial charge in [0, 0.05) is 24.8 Å². The Morgan fingerprint density at radius 2 is 1.86 bits per heavy atom. The Morgan fingerprint density at radius 1 is 1.14 bits per heavy atom. The molecule has 13 heteroatoms. The van der Waals surface area contributed by atoms with Crippen molar-refractivity contribution in [3.63, 3.8) is 0 Å². The van der Waals surface area contributed by atoms with Crippen molar-refractivity contribution in [3.8, 4) is 11.5 Å². The van der Waals surface area contributed by atoms with Gasteiger partial charge in [-0.25, -0.2) is 14.8 Å². The smallest absolute Gasteiger partial charge is 0.475 e. The highest BCUT2D eigenvalue weighted by Crippen LogP contribution is 2.33. The normalized spacial score (nSPS) is 13.9. The lowest BCUT2D eigenvalue weighted by Gasteiger charge is -2.13. The minimum Gasteiger partial charge on any atom is -0.475 e. The Labute approximate surface area is 202 Å². The highest BCUT2D eigenvalue weighted by atomic mass is 19.4. The highest BCUT2D eigenvalue weighted by Gasteiger charge is 2.38. The maximum absolute atomic E-state index is 13.0. The van der Waals surface area contributed by atoms with E-state index < -0.39 is 12.1 Å². The molecule has 188 valence electrons. The van der Waals surface area contributed by atoms with Gasteiger partial charge in [-0.1, -0.05) is 12.8 Å². The molecule has 2 N–H and O–H groups in total. The molecule has 0 saturated heterocycles. The van der Waals surface area contributed by atoms with E-state index >= 15 is 0 Å². The number of imidazole rings is 1. The fourth-order valence-electron chi connectivity index (χ4n) is 4.00. The van der Waals surface area contributed by atoms with Crippen molar-refractivity contribution in [2.24, 2.45) is 0 Å². The van der Waals surface area contributed by atoms with Gasteiger partial charge in [0.1, 0.15) is 11.5 Å². The van der Waals surface area contributed by atoms with Crippen LogP contribution in [0.1, 0.15) is 47.8 Å². The molecule has 1 aliphatic carbocycles. The van der Waals surface area contributed by atoms with Crippen LogP contribution in [0.25, 0.3) is 17.0 Å². The van der Waals surface area contributed by atoms with Crippen LogP contribution in [0.2, 0.25) is 0 Å². The number of carbonyl (C=O) groups is 2. The van der Waals surface area contributed by atoms with Gasteiger partial charge in [0.2, 0.25) is 0 Å². The van der Waals surface area contributed by atoms with E-state index in [1.165, 1.54) is 12.8 Å². The van der Waals surface area contributed by atoms with Crippen LogP contribution in [-0.4, -0.2) is 52.3 Å². The van der Waals surface area contributed by atoms with E-state index in [2.05, 4.69) is 20.4 Å². The number of nitrogens with zero attached hydrogens (tertiary/aromatic N) is 6. The van der Waals surface area contributed by atoms with E-state index in [1.807, 2.05) is 40.4 Å². The van der Waals surface area contributed by atoms with Crippen LogP contribution < -0.4 is 5.32 Å². The summed E-state index contributed by atoms with van der Waals surface area (Å²) in [4.78, 5) is 35.0. The van der Waals surface area contributed by atoms with Crippen LogP contribution in [-0.2, 0) is 4.79 Å². The number of aryl methyl sites for hydroxylation is 1. The maximum atomic E-state index is 13.0. The van der Waals surface area contributed by atoms with Crippen LogP contribution in [0.5, 0.6) is 0 Å². The topological polar surface area (TPSA) is 127 Å². The van der Waals surface area contributed by atoms with E-state index in [9.17, 15) is 18.0 Å². The van der Waals surface area contributed by atoms with Crippen molar-refractivity contribution in [2.75, 3.05) is 5.32 Å². The van der Waals surface area contributed by atoms with Crippen LogP contribution in [0.3, 0.4) is 0 Å². The second-order valence-electron chi connectivity index (χ2n) is 8.19. The number of pyridine rings is 1. The number of carboxylic acid groups (broad SMARTS) is 1. The standard InChI is InChI=1S/C21H21N7O.C2HF3O2/c1-14-6-8-23-18(12-14)25-21(29)19-17-13-22-10-11-27(17)20(26-19)16-7-9-24-28(16)15-4-2-3-5-15;3-2(4,5)1(6)7/h6-13,15H,2-5H2,1H3,(H,23,25,29);(H,6,7). The molecule has 4 heterocycles. The molecule has 0 spiro atoms. The summed E-state index contributed by atoms with van der Waals surface area (Å²) < 4.78 is 35.7. The third-order valence-electron chi connectivity index (χ3n) is 5.63. The number of alkyl halides is 3. The molecular formula is C23H22F3N7O3. The molecule has 0 aromatic carbocycles. The first kappa shape index (κ1) is 24.8. The summed E-state index contributed by atoms with van der Waals surface area (Å²) in [7, 11) is 0. The third-order valence-corrected chi connectivity index (χ3v) is 5.63. The van der Waals surface area contributed by atoms with Gasteiger partial charge in [-0.3, -0.25) is 18.9 Å². The Morgan fingerprint density at radius 3 is 2.53 bits per heavy atom. The first-order chi connectivity index (χ1) is 17.1. The van der Waals surface area contributed by atoms with E-state index in [-0.39, 0.29) is 5.91 Å². The van der Waals surface area contributed by atoms with Gasteiger partial charge in [0.25, 0.3) is 5.91 Å². The first-order valence-corrected chi connectivity index (χ1v) is 11.0. The summed E-state index contributed by atoms with van der Waals surface area (Å²) in [6.07, 6.45) is 8.23. The fraction of sp³-hybridized carbons (Fsp3) is 0.304. The van der Waals surface area contributed by atoms with Gasteiger partial charge in [0.15, 0.2) is 11.5 Å². The molecule has 10 nitrogen and oxygen atoms in total. The molecule has 1 fully saturated rings. The number of carboxylic acids is 1. The van der Waals surface area contributed by atoms with Crippen molar-refractivity contribution in [1.29, 1.82) is 0 Å². The van der Waals surface area contributed by atoms with Crippen LogP contribution >= 0.6 is 0 Å². The monoisotopic (exact) mass is 501 g/mol. The quantitative estimate of drug-likeness (QED) is 0.427. The van der Waals surface area contributed by atoms with E-state index in [4.69, 9.17) is 14.9 Å². The van der Waals surface area contributed by atoms with Crippen molar-refractivity contribution >= 4 is 23.2 Å². The summed E-state index contributed by atoms with van der Waals surface area (Å²) in [6, 6.07) is 6.04. The van der Waals surface area contributed by atoms with Gasteiger partial charge in [-0.05, 0) is 43.5 Å². The third kappa shape index (κ3) is 5.34. The predicted octanol–water partition coefficient (Wildman–Crippen LogP) is 4.30. The molecular weight excluding hydrogens is 479 g/mol. The number of halogens is 3. The Kier molecular flexibility index (Phi) is 6.99. The molecule has 0 atom stereocenters. The van der Waals surface area contributed by atoms with Gasteiger partial charge in [-0.2, -0.15) is 18.3 Å². The number of aliphatic carboxylic acids is 1. The summed E-state index contributed by atoms with van der Waals surface area (Å²) in [5.74, 6) is -1.88. The number of rotatable bonds is 4. The number of hydrogen-bond donors (Lipinski definition) is 2. The SMILES string of the molecule is Cc1ccnc(NC(=O)c2nc(-c3ccnn3C3CCCC3)n3ccncc23)c1.O=C(O)C(F)(F)F. The van der Waals surface area contributed by atoms with Crippen molar-refractivity contribution in [2.45, 2.75) is 44.8 Å². The molecule has 0 radical (unpaired) electrons. The molecule has 4 aromatic rings. The van der Waals surface area contributed by atoms with Crippen LogP contribution in [0.15, 0.2) is 49.2 Å². The van der Waals surface area contributed by atoms with Crippen molar-refractivity contribution < 1.29 is 27.9 Å². The van der Waals surface area contributed by atoms with Gasteiger partial charge in [-0.15, -0.1) is 0 Å². The molecule has 36 heavy (non-hydrogen) atoms. The molecule has 0 unspecified atom stereocenters. The van der Waals surface area contributed by atoms with Crippen molar-refractivity contribution in [1.82, 2.24) is 29.1 Å². The zero-order valence-electron chi connectivity index (χ0n) is 19.1. The van der Waals surface area contributed by atoms with Gasteiger partial charge >= 0.3 is 12.1 Å². The summed E-state index contributed by atoms with van der Waals surface area (Å²) in [5.41, 5.74) is 2.89. The fourth-order valence-corrected chi connectivity index (χ4v) is 4.00. The Balaban J connectivity index is 0.000000384. The Hall–Kier alpha value is -4.29. The average molecular weight is 501 g/mol. The lowest BCUT2D eigenvalue weighted by atomic mass is 10.2. The van der Waals surface area contributed by atoms with E-state index in [0.717, 1.165) is 24.1 Å². The molecule has 1 aliphatic rings. The zero-order chi connectivity index (χ0) is 25.9. The average Bonchev–Trinajstić information content (AvgIpc) is 3.57. The minimum atomic E-state index is -5.08. The number of fused-ring (bicyclic) bond motifs is 1. The number of aromatic nitrogens is 6. The lowest BCUT2D eigenvalue weighted by Crippen LogP contribution is -2.21. The van der Waals surface area contributed by atoms with Gasteiger partial charge < -0.3 is 10.4 Å². The minimum absolute atomic E-state index is 0.313. The van der Waals surface area contributed by atoms with Crippen molar-refractivity contribution in [3.05, 3.63) is 60.4 Å². The second kappa shape index (κ2) is 10.1. The lowest BCUT2D eigenvalue weighted by molar-refractivity contribution is -0.192. The molecule has 1 amide bonds. The predicted molar refractivity (Wildman–Crippen MR) is 122 cm³/mol. The largest absolute Gasteiger partial charge is 0.490 e.